The molecule has 0 bridgehead atoms. The van der Waals surface area contributed by atoms with Crippen molar-refractivity contribution >= 4 is 5.82 Å². The third-order valence-electron chi connectivity index (χ3n) is 3.45. The Balaban J connectivity index is 2.10. The average molecular weight is 220 g/mol. The van der Waals surface area contributed by atoms with Crippen molar-refractivity contribution < 1.29 is 0 Å². The molecule has 0 aromatic carbocycles. The van der Waals surface area contributed by atoms with Gasteiger partial charge < -0.3 is 11.1 Å². The summed E-state index contributed by atoms with van der Waals surface area (Å²) < 4.78 is 0. The highest BCUT2D eigenvalue weighted by Gasteiger charge is 2.33. The molecule has 1 heterocycles. The van der Waals surface area contributed by atoms with E-state index in [9.17, 15) is 0 Å². The molecule has 4 nitrogen and oxygen atoms in total. The van der Waals surface area contributed by atoms with Crippen LogP contribution in [0.2, 0.25) is 0 Å². The van der Waals surface area contributed by atoms with Gasteiger partial charge in [0.05, 0.1) is 5.54 Å². The van der Waals surface area contributed by atoms with Gasteiger partial charge in [0.15, 0.2) is 0 Å². The highest BCUT2D eigenvalue weighted by atomic mass is 15.2. The van der Waals surface area contributed by atoms with Gasteiger partial charge in [0.2, 0.25) is 0 Å². The van der Waals surface area contributed by atoms with Crippen LogP contribution in [-0.2, 0) is 0 Å². The standard InChI is InChI=1S/C12H20N4/c1-10-4-2-6-12(8-10,9-13)15-11-5-3-7-14-16-11/h3,5,7,10H,2,4,6,8-9,13H2,1H3,(H,15,16). The van der Waals surface area contributed by atoms with Crippen LogP contribution in [0.5, 0.6) is 0 Å². The fourth-order valence-electron chi connectivity index (χ4n) is 2.65. The lowest BCUT2D eigenvalue weighted by Gasteiger charge is -2.40. The highest BCUT2D eigenvalue weighted by Crippen LogP contribution is 2.33. The van der Waals surface area contributed by atoms with Gasteiger partial charge in [-0.3, -0.25) is 0 Å². The van der Waals surface area contributed by atoms with E-state index < -0.39 is 0 Å². The van der Waals surface area contributed by atoms with Gasteiger partial charge in [0.1, 0.15) is 5.82 Å². The van der Waals surface area contributed by atoms with Gasteiger partial charge in [-0.2, -0.15) is 5.10 Å². The van der Waals surface area contributed by atoms with Crippen molar-refractivity contribution in [3.63, 3.8) is 0 Å². The predicted molar refractivity (Wildman–Crippen MR) is 65.1 cm³/mol. The van der Waals surface area contributed by atoms with Crippen LogP contribution in [0.15, 0.2) is 18.3 Å². The molecule has 0 amide bonds. The van der Waals surface area contributed by atoms with Gasteiger partial charge in [-0.05, 0) is 30.9 Å². The number of nitrogens with one attached hydrogen (secondary N) is 1. The van der Waals surface area contributed by atoms with Crippen molar-refractivity contribution in [2.24, 2.45) is 11.7 Å². The molecule has 2 unspecified atom stereocenters. The molecule has 0 spiro atoms. The molecule has 1 aromatic heterocycles. The normalized spacial score (nSPS) is 30.0. The van der Waals surface area contributed by atoms with Crippen LogP contribution in [0, 0.1) is 5.92 Å². The quantitative estimate of drug-likeness (QED) is 0.815. The van der Waals surface area contributed by atoms with Crippen LogP contribution < -0.4 is 11.1 Å². The second kappa shape index (κ2) is 4.78. The lowest BCUT2D eigenvalue weighted by Crippen LogP contribution is -2.48. The van der Waals surface area contributed by atoms with Crippen molar-refractivity contribution in [1.29, 1.82) is 0 Å². The van der Waals surface area contributed by atoms with E-state index >= 15 is 0 Å². The molecule has 88 valence electrons. The Hall–Kier alpha value is -1.16. The number of anilines is 1. The van der Waals surface area contributed by atoms with E-state index in [1.54, 1.807) is 6.20 Å². The smallest absolute Gasteiger partial charge is 0.149 e. The van der Waals surface area contributed by atoms with Crippen molar-refractivity contribution in [3.05, 3.63) is 18.3 Å². The number of hydrogen-bond donors (Lipinski definition) is 2. The molecule has 0 aliphatic heterocycles. The van der Waals surface area contributed by atoms with Crippen LogP contribution in [0.4, 0.5) is 5.82 Å². The first-order valence-corrected chi connectivity index (χ1v) is 6.00. The van der Waals surface area contributed by atoms with E-state index in [0.717, 1.165) is 24.6 Å². The zero-order valence-corrected chi connectivity index (χ0v) is 9.82. The van der Waals surface area contributed by atoms with E-state index in [1.807, 2.05) is 12.1 Å². The summed E-state index contributed by atoms with van der Waals surface area (Å²) in [6.45, 7) is 2.95. The zero-order chi connectivity index (χ0) is 11.4. The Morgan fingerprint density at radius 2 is 2.50 bits per heavy atom. The summed E-state index contributed by atoms with van der Waals surface area (Å²) in [5.74, 6) is 1.57. The van der Waals surface area contributed by atoms with Crippen molar-refractivity contribution in [1.82, 2.24) is 10.2 Å². The Labute approximate surface area is 96.6 Å². The maximum atomic E-state index is 5.94. The maximum Gasteiger partial charge on any atom is 0.149 e. The molecule has 16 heavy (non-hydrogen) atoms. The Kier molecular flexibility index (Phi) is 3.39. The summed E-state index contributed by atoms with van der Waals surface area (Å²) in [4.78, 5) is 0. The van der Waals surface area contributed by atoms with E-state index in [4.69, 9.17) is 5.73 Å². The third-order valence-corrected chi connectivity index (χ3v) is 3.45. The van der Waals surface area contributed by atoms with Gasteiger partial charge in [-0.1, -0.05) is 19.8 Å². The van der Waals surface area contributed by atoms with Crippen molar-refractivity contribution in [3.8, 4) is 0 Å². The first kappa shape index (κ1) is 11.3. The minimum absolute atomic E-state index is 0.0215. The fourth-order valence-corrected chi connectivity index (χ4v) is 2.65. The van der Waals surface area contributed by atoms with Gasteiger partial charge in [-0.15, -0.1) is 5.10 Å². The topological polar surface area (TPSA) is 63.8 Å². The van der Waals surface area contributed by atoms with Crippen LogP contribution in [-0.4, -0.2) is 22.3 Å². The molecule has 1 saturated carbocycles. The average Bonchev–Trinajstić information content (AvgIpc) is 2.30. The number of aromatic nitrogens is 2. The van der Waals surface area contributed by atoms with Crippen LogP contribution >= 0.6 is 0 Å². The number of rotatable bonds is 3. The number of hydrogen-bond acceptors (Lipinski definition) is 4. The Morgan fingerprint density at radius 1 is 1.62 bits per heavy atom. The first-order valence-electron chi connectivity index (χ1n) is 6.00. The molecule has 0 saturated heterocycles. The van der Waals surface area contributed by atoms with Crippen LogP contribution in [0.1, 0.15) is 32.6 Å². The highest BCUT2D eigenvalue weighted by molar-refractivity contribution is 5.36. The van der Waals surface area contributed by atoms with E-state index in [1.165, 1.54) is 12.8 Å². The summed E-state index contributed by atoms with van der Waals surface area (Å²) >= 11 is 0. The molecule has 1 fully saturated rings. The molecule has 1 aliphatic rings. The van der Waals surface area contributed by atoms with Gasteiger partial charge in [-0.25, -0.2) is 0 Å². The van der Waals surface area contributed by atoms with Crippen molar-refractivity contribution in [2.75, 3.05) is 11.9 Å². The first-order chi connectivity index (χ1) is 7.74. The molecule has 1 aliphatic carbocycles. The lowest BCUT2D eigenvalue weighted by atomic mass is 9.76. The minimum Gasteiger partial charge on any atom is -0.362 e. The predicted octanol–water partition coefficient (Wildman–Crippen LogP) is 1.80. The van der Waals surface area contributed by atoms with Crippen LogP contribution in [0.3, 0.4) is 0 Å². The molecule has 3 N–H and O–H groups in total. The summed E-state index contributed by atoms with van der Waals surface area (Å²) in [5, 5.41) is 11.4. The van der Waals surface area contributed by atoms with Gasteiger partial charge >= 0.3 is 0 Å². The second-order valence-electron chi connectivity index (χ2n) is 4.92. The number of nitrogens with two attached hydrogens (primary N) is 1. The van der Waals surface area contributed by atoms with Crippen molar-refractivity contribution in [2.45, 2.75) is 38.1 Å². The minimum atomic E-state index is 0.0215. The molecule has 2 rings (SSSR count). The van der Waals surface area contributed by atoms with E-state index in [2.05, 4.69) is 22.4 Å². The maximum absolute atomic E-state index is 5.94. The third kappa shape index (κ3) is 2.50. The molecule has 4 heteroatoms. The fraction of sp³-hybridized carbons (Fsp3) is 0.667. The van der Waals surface area contributed by atoms with Gasteiger partial charge in [0, 0.05) is 12.7 Å². The second-order valence-corrected chi connectivity index (χ2v) is 4.92. The number of nitrogens with zero attached hydrogens (tertiary/aromatic N) is 2. The monoisotopic (exact) mass is 220 g/mol. The summed E-state index contributed by atoms with van der Waals surface area (Å²) in [6.07, 6.45) is 6.49. The molecular weight excluding hydrogens is 200 g/mol. The van der Waals surface area contributed by atoms with E-state index in [-0.39, 0.29) is 5.54 Å². The summed E-state index contributed by atoms with van der Waals surface area (Å²) in [6, 6.07) is 3.84. The molecule has 1 aromatic rings. The van der Waals surface area contributed by atoms with E-state index in [0.29, 0.717) is 6.54 Å². The van der Waals surface area contributed by atoms with Gasteiger partial charge in [0.25, 0.3) is 0 Å². The summed E-state index contributed by atoms with van der Waals surface area (Å²) in [7, 11) is 0. The summed E-state index contributed by atoms with van der Waals surface area (Å²) in [5.41, 5.74) is 5.96. The lowest BCUT2D eigenvalue weighted by molar-refractivity contribution is 0.263. The SMILES string of the molecule is CC1CCCC(CN)(Nc2cccnn2)C1. The zero-order valence-electron chi connectivity index (χ0n) is 9.82. The van der Waals surface area contributed by atoms with Crippen LogP contribution in [0.25, 0.3) is 0 Å². The Bertz CT molecular complexity index is 327. The molecule has 0 radical (unpaired) electrons. The Morgan fingerprint density at radius 3 is 3.12 bits per heavy atom. The largest absolute Gasteiger partial charge is 0.362 e. The molecular formula is C12H20N4. The molecule has 2 atom stereocenters.